The fourth-order valence-electron chi connectivity index (χ4n) is 1.57. The Bertz CT molecular complexity index is 569. The quantitative estimate of drug-likeness (QED) is 0.904. The minimum Gasteiger partial charge on any atom is -0.361 e. The van der Waals surface area contributed by atoms with Crippen LogP contribution in [0.5, 0.6) is 0 Å². The van der Waals surface area contributed by atoms with E-state index in [9.17, 15) is 4.79 Å². The highest BCUT2D eigenvalue weighted by Gasteiger charge is 2.04. The molecule has 0 saturated carbocycles. The van der Waals surface area contributed by atoms with E-state index in [0.29, 0.717) is 23.7 Å². The van der Waals surface area contributed by atoms with Gasteiger partial charge in [0, 0.05) is 29.7 Å². The summed E-state index contributed by atoms with van der Waals surface area (Å²) >= 11 is 5.82. The number of nitrogens with one attached hydrogen (secondary N) is 2. The van der Waals surface area contributed by atoms with Gasteiger partial charge < -0.3 is 15.2 Å². The second-order valence-corrected chi connectivity index (χ2v) is 4.51. The average Bonchev–Trinajstić information content (AvgIpc) is 2.75. The van der Waals surface area contributed by atoms with Crippen LogP contribution in [0.1, 0.15) is 11.5 Å². The van der Waals surface area contributed by atoms with Crippen LogP contribution in [-0.2, 0) is 6.42 Å². The van der Waals surface area contributed by atoms with Gasteiger partial charge >= 0.3 is 6.03 Å². The first kappa shape index (κ1) is 13.4. The molecule has 6 heteroatoms. The van der Waals surface area contributed by atoms with E-state index in [2.05, 4.69) is 15.8 Å². The maximum atomic E-state index is 11.6. The smallest absolute Gasteiger partial charge is 0.319 e. The monoisotopic (exact) mass is 279 g/mol. The number of aromatic nitrogens is 1. The van der Waals surface area contributed by atoms with Crippen molar-refractivity contribution in [1.82, 2.24) is 10.5 Å². The number of anilines is 1. The predicted molar refractivity (Wildman–Crippen MR) is 73.4 cm³/mol. The Balaban J connectivity index is 1.76. The third-order valence-electron chi connectivity index (χ3n) is 2.42. The van der Waals surface area contributed by atoms with E-state index in [1.807, 2.05) is 13.0 Å². The summed E-state index contributed by atoms with van der Waals surface area (Å²) in [5.74, 6) is 0.751. The summed E-state index contributed by atoms with van der Waals surface area (Å²) in [6, 6.07) is 8.54. The van der Waals surface area contributed by atoms with Crippen LogP contribution in [0.15, 0.2) is 34.9 Å². The molecule has 1 heterocycles. The molecule has 100 valence electrons. The van der Waals surface area contributed by atoms with Gasteiger partial charge in [-0.1, -0.05) is 22.8 Å². The van der Waals surface area contributed by atoms with Gasteiger partial charge in [0.05, 0.1) is 5.69 Å². The number of rotatable bonds is 4. The zero-order valence-electron chi connectivity index (χ0n) is 10.4. The summed E-state index contributed by atoms with van der Waals surface area (Å²) in [5, 5.41) is 9.77. The maximum Gasteiger partial charge on any atom is 0.319 e. The summed E-state index contributed by atoms with van der Waals surface area (Å²) in [7, 11) is 0. The molecule has 0 spiro atoms. The standard InChI is InChI=1S/C13H14ClN3O2/c1-9-7-12(19-17-9)5-6-15-13(18)16-11-4-2-3-10(14)8-11/h2-4,7-8H,5-6H2,1H3,(H2,15,16,18). The lowest BCUT2D eigenvalue weighted by Crippen LogP contribution is -2.30. The van der Waals surface area contributed by atoms with Crippen molar-refractivity contribution in [3.05, 3.63) is 46.8 Å². The highest BCUT2D eigenvalue weighted by molar-refractivity contribution is 6.30. The zero-order chi connectivity index (χ0) is 13.7. The first-order valence-corrected chi connectivity index (χ1v) is 6.24. The molecule has 0 saturated heterocycles. The molecule has 0 radical (unpaired) electrons. The molecule has 0 aliphatic carbocycles. The van der Waals surface area contributed by atoms with Gasteiger partial charge in [-0.2, -0.15) is 0 Å². The van der Waals surface area contributed by atoms with Crippen LogP contribution in [-0.4, -0.2) is 17.7 Å². The molecule has 0 aliphatic rings. The Morgan fingerprint density at radius 1 is 1.42 bits per heavy atom. The molecule has 1 aromatic heterocycles. The number of urea groups is 1. The van der Waals surface area contributed by atoms with Crippen LogP contribution in [0.2, 0.25) is 5.02 Å². The fourth-order valence-corrected chi connectivity index (χ4v) is 1.77. The number of carbonyl (C=O) groups is 1. The highest BCUT2D eigenvalue weighted by Crippen LogP contribution is 2.14. The van der Waals surface area contributed by atoms with Crippen LogP contribution in [0, 0.1) is 6.92 Å². The number of amides is 2. The van der Waals surface area contributed by atoms with Crippen LogP contribution in [0.3, 0.4) is 0 Å². The Kier molecular flexibility index (Phi) is 4.41. The molecular weight excluding hydrogens is 266 g/mol. The molecular formula is C13H14ClN3O2. The van der Waals surface area contributed by atoms with Gasteiger partial charge in [0.25, 0.3) is 0 Å². The minimum absolute atomic E-state index is 0.279. The van der Waals surface area contributed by atoms with Crippen molar-refractivity contribution >= 4 is 23.3 Å². The lowest BCUT2D eigenvalue weighted by molar-refractivity contribution is 0.252. The van der Waals surface area contributed by atoms with E-state index < -0.39 is 0 Å². The summed E-state index contributed by atoms with van der Waals surface area (Å²) in [5.41, 5.74) is 1.49. The van der Waals surface area contributed by atoms with Crippen molar-refractivity contribution in [2.24, 2.45) is 0 Å². The second-order valence-electron chi connectivity index (χ2n) is 4.08. The second kappa shape index (κ2) is 6.24. The molecule has 0 aliphatic heterocycles. The number of halogens is 1. The predicted octanol–water partition coefficient (Wildman–Crippen LogP) is 3.00. The SMILES string of the molecule is Cc1cc(CCNC(=O)Nc2cccc(Cl)c2)on1. The molecule has 2 rings (SSSR count). The lowest BCUT2D eigenvalue weighted by atomic mass is 10.3. The van der Waals surface area contributed by atoms with Gasteiger partial charge in [0.1, 0.15) is 5.76 Å². The van der Waals surface area contributed by atoms with Crippen LogP contribution >= 0.6 is 11.6 Å². The van der Waals surface area contributed by atoms with Crippen molar-refractivity contribution < 1.29 is 9.32 Å². The van der Waals surface area contributed by atoms with Gasteiger partial charge in [0.2, 0.25) is 0 Å². The number of benzene rings is 1. The summed E-state index contributed by atoms with van der Waals surface area (Å²) < 4.78 is 5.04. The van der Waals surface area contributed by atoms with Crippen LogP contribution in [0.25, 0.3) is 0 Å². The number of carbonyl (C=O) groups excluding carboxylic acids is 1. The van der Waals surface area contributed by atoms with Crippen LogP contribution in [0.4, 0.5) is 10.5 Å². The molecule has 2 amide bonds. The molecule has 0 fully saturated rings. The van der Waals surface area contributed by atoms with Crippen molar-refractivity contribution in [3.8, 4) is 0 Å². The number of aryl methyl sites for hydroxylation is 1. The largest absolute Gasteiger partial charge is 0.361 e. The van der Waals surface area contributed by atoms with Gasteiger partial charge in [-0.15, -0.1) is 0 Å². The van der Waals surface area contributed by atoms with E-state index in [1.165, 1.54) is 0 Å². The average molecular weight is 280 g/mol. The van der Waals surface area contributed by atoms with Gasteiger partial charge in [0.15, 0.2) is 0 Å². The van der Waals surface area contributed by atoms with Crippen LogP contribution < -0.4 is 10.6 Å². The molecule has 2 aromatic rings. The summed E-state index contributed by atoms with van der Waals surface area (Å²) in [6.07, 6.45) is 0.601. The number of hydrogen-bond acceptors (Lipinski definition) is 3. The summed E-state index contributed by atoms with van der Waals surface area (Å²) in [6.45, 7) is 2.33. The Hall–Kier alpha value is -2.01. The minimum atomic E-state index is -0.279. The van der Waals surface area contributed by atoms with Gasteiger partial charge in [-0.25, -0.2) is 4.79 Å². The van der Waals surface area contributed by atoms with E-state index in [4.69, 9.17) is 16.1 Å². The van der Waals surface area contributed by atoms with E-state index in [0.717, 1.165) is 11.5 Å². The van der Waals surface area contributed by atoms with E-state index in [-0.39, 0.29) is 6.03 Å². The molecule has 0 atom stereocenters. The van der Waals surface area contributed by atoms with E-state index in [1.54, 1.807) is 24.3 Å². The fraction of sp³-hybridized carbons (Fsp3) is 0.231. The van der Waals surface area contributed by atoms with Gasteiger partial charge in [-0.05, 0) is 25.1 Å². The van der Waals surface area contributed by atoms with Gasteiger partial charge in [-0.3, -0.25) is 0 Å². The molecule has 0 bridgehead atoms. The first-order chi connectivity index (χ1) is 9.13. The molecule has 0 unspecified atom stereocenters. The molecule has 2 N–H and O–H groups in total. The normalized spacial score (nSPS) is 10.2. The van der Waals surface area contributed by atoms with Crippen molar-refractivity contribution in [2.75, 3.05) is 11.9 Å². The maximum absolute atomic E-state index is 11.6. The van der Waals surface area contributed by atoms with Crippen molar-refractivity contribution in [1.29, 1.82) is 0 Å². The molecule has 1 aromatic carbocycles. The molecule has 19 heavy (non-hydrogen) atoms. The Labute approximate surface area is 115 Å². The van der Waals surface area contributed by atoms with Crippen molar-refractivity contribution in [2.45, 2.75) is 13.3 Å². The zero-order valence-corrected chi connectivity index (χ0v) is 11.2. The third-order valence-corrected chi connectivity index (χ3v) is 2.65. The third kappa shape index (κ3) is 4.30. The number of hydrogen-bond donors (Lipinski definition) is 2. The number of nitrogens with zero attached hydrogens (tertiary/aromatic N) is 1. The first-order valence-electron chi connectivity index (χ1n) is 5.86. The van der Waals surface area contributed by atoms with E-state index >= 15 is 0 Å². The lowest BCUT2D eigenvalue weighted by Gasteiger charge is -2.06. The topological polar surface area (TPSA) is 67.2 Å². The highest BCUT2D eigenvalue weighted by atomic mass is 35.5. The summed E-state index contributed by atoms with van der Waals surface area (Å²) in [4.78, 5) is 11.6. The Morgan fingerprint density at radius 3 is 2.95 bits per heavy atom. The Morgan fingerprint density at radius 2 is 2.26 bits per heavy atom. The van der Waals surface area contributed by atoms with Crippen molar-refractivity contribution in [3.63, 3.8) is 0 Å². The molecule has 5 nitrogen and oxygen atoms in total.